The van der Waals surface area contributed by atoms with Crippen molar-refractivity contribution in [3.05, 3.63) is 97.0 Å². The Labute approximate surface area is 227 Å². The number of amides is 2. The third kappa shape index (κ3) is 6.05. The van der Waals surface area contributed by atoms with Crippen molar-refractivity contribution in [2.24, 2.45) is 0 Å². The molecule has 1 aliphatic rings. The zero-order valence-corrected chi connectivity index (χ0v) is 22.8. The van der Waals surface area contributed by atoms with Gasteiger partial charge in [0.25, 0.3) is 11.1 Å². The second-order valence-electron chi connectivity index (χ2n) is 7.65. The van der Waals surface area contributed by atoms with E-state index in [4.69, 9.17) is 9.47 Å². The molecule has 2 amide bonds. The predicted octanol–water partition coefficient (Wildman–Crippen LogP) is 6.86. The molecular formula is C26H18Br2FNO5S. The van der Waals surface area contributed by atoms with Crippen LogP contribution in [0.2, 0.25) is 0 Å². The van der Waals surface area contributed by atoms with Crippen molar-refractivity contribution in [1.82, 2.24) is 4.90 Å². The number of ketones is 1. The highest BCUT2D eigenvalue weighted by atomic mass is 79.9. The minimum atomic E-state index is -0.540. The van der Waals surface area contributed by atoms with Crippen LogP contribution in [0.25, 0.3) is 6.08 Å². The fourth-order valence-electron chi connectivity index (χ4n) is 3.36. The van der Waals surface area contributed by atoms with E-state index in [1.807, 2.05) is 0 Å². The molecule has 0 atom stereocenters. The van der Waals surface area contributed by atoms with Crippen molar-refractivity contribution >= 4 is 66.6 Å². The number of Topliss-reactive ketones (excluding diaryl/α,β-unsaturated/α-hetero) is 1. The number of benzene rings is 3. The minimum Gasteiger partial charge on any atom is -0.493 e. The zero-order chi connectivity index (χ0) is 25.8. The van der Waals surface area contributed by atoms with Gasteiger partial charge in [-0.25, -0.2) is 4.39 Å². The van der Waals surface area contributed by atoms with Crippen LogP contribution >= 0.6 is 43.6 Å². The number of methoxy groups -OCH3 is 1. The predicted molar refractivity (Wildman–Crippen MR) is 143 cm³/mol. The molecule has 3 aromatic rings. The number of hydrogen-bond donors (Lipinski definition) is 0. The summed E-state index contributed by atoms with van der Waals surface area (Å²) in [5.74, 6) is -0.362. The van der Waals surface area contributed by atoms with Gasteiger partial charge in [0.1, 0.15) is 12.4 Å². The van der Waals surface area contributed by atoms with Gasteiger partial charge < -0.3 is 9.47 Å². The summed E-state index contributed by atoms with van der Waals surface area (Å²) in [4.78, 5) is 39.1. The van der Waals surface area contributed by atoms with Gasteiger partial charge in [-0.1, -0.05) is 40.2 Å². The van der Waals surface area contributed by atoms with Crippen LogP contribution in [0.5, 0.6) is 11.5 Å². The highest BCUT2D eigenvalue weighted by Crippen LogP contribution is 2.39. The van der Waals surface area contributed by atoms with Crippen molar-refractivity contribution in [2.75, 3.05) is 13.7 Å². The lowest BCUT2D eigenvalue weighted by Crippen LogP contribution is -2.33. The number of nitrogens with zero attached hydrogens (tertiary/aromatic N) is 1. The lowest BCUT2D eigenvalue weighted by Gasteiger charge is -2.14. The molecular weight excluding hydrogens is 617 g/mol. The number of thioether (sulfide) groups is 1. The average Bonchev–Trinajstić information content (AvgIpc) is 3.11. The molecule has 0 unspecified atom stereocenters. The number of carbonyl (C=O) groups is 3. The molecule has 0 spiro atoms. The first-order valence-corrected chi connectivity index (χ1v) is 12.9. The maximum atomic E-state index is 13.1. The number of rotatable bonds is 8. The van der Waals surface area contributed by atoms with E-state index >= 15 is 0 Å². The van der Waals surface area contributed by atoms with Gasteiger partial charge in [0.15, 0.2) is 17.3 Å². The topological polar surface area (TPSA) is 72.9 Å². The Morgan fingerprint density at radius 2 is 1.75 bits per heavy atom. The lowest BCUT2D eigenvalue weighted by atomic mass is 10.1. The molecule has 1 fully saturated rings. The van der Waals surface area contributed by atoms with Gasteiger partial charge >= 0.3 is 0 Å². The fraction of sp³-hybridized carbons (Fsp3) is 0.115. The molecule has 0 N–H and O–H groups in total. The van der Waals surface area contributed by atoms with E-state index in [2.05, 4.69) is 31.9 Å². The molecule has 10 heteroatoms. The Morgan fingerprint density at radius 1 is 1.06 bits per heavy atom. The van der Waals surface area contributed by atoms with Crippen LogP contribution in [-0.4, -0.2) is 35.5 Å². The monoisotopic (exact) mass is 633 g/mol. The normalized spacial score (nSPS) is 14.4. The summed E-state index contributed by atoms with van der Waals surface area (Å²) in [5.41, 5.74) is 1.78. The molecule has 36 heavy (non-hydrogen) atoms. The average molecular weight is 635 g/mol. The first-order chi connectivity index (χ1) is 17.2. The second-order valence-corrected chi connectivity index (χ2v) is 10.4. The van der Waals surface area contributed by atoms with Crippen LogP contribution in [-0.2, 0) is 11.4 Å². The number of halogens is 3. The standard InChI is InChI=1S/C26H18Br2FNO5S/c1-34-22-11-16(10-20(28)24(22)35-14-15-2-8-19(29)9-3-15)12-23-25(32)30(26(33)36-23)13-21(31)17-4-6-18(27)7-5-17/h2-12H,13-14H2,1H3/b23-12+. The minimum absolute atomic E-state index is 0.192. The van der Waals surface area contributed by atoms with Crippen molar-refractivity contribution in [3.8, 4) is 11.5 Å². The maximum Gasteiger partial charge on any atom is 0.293 e. The van der Waals surface area contributed by atoms with Gasteiger partial charge in [0, 0.05) is 10.0 Å². The largest absolute Gasteiger partial charge is 0.493 e. The molecule has 1 aliphatic heterocycles. The summed E-state index contributed by atoms with van der Waals surface area (Å²) in [6.07, 6.45) is 1.56. The van der Waals surface area contributed by atoms with Crippen molar-refractivity contribution in [1.29, 1.82) is 0 Å². The van der Waals surface area contributed by atoms with Crippen LogP contribution in [0.1, 0.15) is 21.5 Å². The van der Waals surface area contributed by atoms with Crippen molar-refractivity contribution in [3.63, 3.8) is 0 Å². The van der Waals surface area contributed by atoms with Gasteiger partial charge in [-0.05, 0) is 81.3 Å². The second kappa shape index (κ2) is 11.4. The van der Waals surface area contributed by atoms with E-state index in [-0.39, 0.29) is 29.7 Å². The molecule has 3 aromatic carbocycles. The van der Waals surface area contributed by atoms with Gasteiger partial charge in [-0.3, -0.25) is 19.3 Å². The molecule has 0 saturated carbocycles. The van der Waals surface area contributed by atoms with Crippen LogP contribution in [0.4, 0.5) is 9.18 Å². The summed E-state index contributed by atoms with van der Waals surface area (Å²) < 4.78 is 25.8. The van der Waals surface area contributed by atoms with E-state index in [0.29, 0.717) is 27.1 Å². The van der Waals surface area contributed by atoms with E-state index in [0.717, 1.165) is 26.7 Å². The van der Waals surface area contributed by atoms with Crippen LogP contribution in [0.15, 0.2) is 74.5 Å². The quantitative estimate of drug-likeness (QED) is 0.199. The Hall–Kier alpha value is -2.95. The third-order valence-corrected chi connectivity index (χ3v) is 7.21. The van der Waals surface area contributed by atoms with Gasteiger partial charge in [0.2, 0.25) is 0 Å². The fourth-order valence-corrected chi connectivity index (χ4v) is 5.03. The summed E-state index contributed by atoms with van der Waals surface area (Å²) in [5, 5.41) is -0.512. The Balaban J connectivity index is 1.50. The van der Waals surface area contributed by atoms with Crippen LogP contribution in [0.3, 0.4) is 0 Å². The summed E-state index contributed by atoms with van der Waals surface area (Å²) in [6.45, 7) is -0.146. The highest BCUT2D eigenvalue weighted by Gasteiger charge is 2.36. The number of ether oxygens (including phenoxy) is 2. The van der Waals surface area contributed by atoms with E-state index in [1.54, 1.807) is 54.6 Å². The van der Waals surface area contributed by atoms with Gasteiger partial charge in [-0.2, -0.15) is 0 Å². The molecule has 0 aliphatic carbocycles. The van der Waals surface area contributed by atoms with E-state index in [9.17, 15) is 18.8 Å². The molecule has 6 nitrogen and oxygen atoms in total. The first kappa shape index (κ1) is 26.1. The molecule has 184 valence electrons. The number of carbonyl (C=O) groups excluding carboxylic acids is 3. The van der Waals surface area contributed by atoms with Gasteiger partial charge in [0.05, 0.1) is 23.0 Å². The first-order valence-electron chi connectivity index (χ1n) is 10.5. The van der Waals surface area contributed by atoms with Crippen LogP contribution < -0.4 is 9.47 Å². The number of imide groups is 1. The van der Waals surface area contributed by atoms with Gasteiger partial charge in [-0.15, -0.1) is 0 Å². The van der Waals surface area contributed by atoms with Crippen molar-refractivity contribution < 1.29 is 28.2 Å². The molecule has 1 saturated heterocycles. The lowest BCUT2D eigenvalue weighted by molar-refractivity contribution is -0.122. The molecule has 0 bridgehead atoms. The zero-order valence-electron chi connectivity index (χ0n) is 18.8. The number of hydrogen-bond acceptors (Lipinski definition) is 6. The SMILES string of the molecule is COc1cc(/C=C2/SC(=O)N(CC(=O)c3ccc(Br)cc3)C2=O)cc(Br)c1OCc1ccc(F)cc1. The summed E-state index contributed by atoms with van der Waals surface area (Å²) in [6, 6.07) is 16.1. The van der Waals surface area contributed by atoms with Crippen molar-refractivity contribution in [2.45, 2.75) is 6.61 Å². The summed E-state index contributed by atoms with van der Waals surface area (Å²) in [7, 11) is 1.48. The summed E-state index contributed by atoms with van der Waals surface area (Å²) >= 11 is 7.54. The Kier molecular flexibility index (Phi) is 8.28. The molecule has 1 heterocycles. The van der Waals surface area contributed by atoms with E-state index < -0.39 is 11.1 Å². The molecule has 0 radical (unpaired) electrons. The van der Waals surface area contributed by atoms with E-state index in [1.165, 1.54) is 19.2 Å². The third-order valence-electron chi connectivity index (χ3n) is 5.19. The Bertz CT molecular complexity index is 1360. The highest BCUT2D eigenvalue weighted by molar-refractivity contribution is 9.10. The van der Waals surface area contributed by atoms with Crippen LogP contribution in [0, 0.1) is 5.82 Å². The molecule has 0 aromatic heterocycles. The maximum absolute atomic E-state index is 13.1. The Morgan fingerprint density at radius 3 is 2.42 bits per heavy atom. The smallest absolute Gasteiger partial charge is 0.293 e. The molecule has 4 rings (SSSR count).